The molecule has 4 aliphatic rings. The Kier molecular flexibility index (Phi) is 3.90. The fourth-order valence-electron chi connectivity index (χ4n) is 8.39. The van der Waals surface area contributed by atoms with Crippen molar-refractivity contribution < 1.29 is 14.3 Å². The summed E-state index contributed by atoms with van der Waals surface area (Å²) in [4.78, 5) is 12.8. The van der Waals surface area contributed by atoms with Gasteiger partial charge in [0.25, 0.3) is 0 Å². The van der Waals surface area contributed by atoms with Crippen molar-refractivity contribution in [2.45, 2.75) is 84.2 Å². The average Bonchev–Trinajstić information content (AvgIpc) is 3.01. The second-order valence-electron chi connectivity index (χ2n) is 10.3. The molecule has 0 aromatic heterocycles. The zero-order valence-electron chi connectivity index (χ0n) is 16.8. The van der Waals surface area contributed by atoms with Crippen LogP contribution in [-0.4, -0.2) is 25.8 Å². The first-order valence-corrected chi connectivity index (χ1v) is 10.4. The minimum absolute atomic E-state index is 0.0327. The second-order valence-corrected chi connectivity index (χ2v) is 10.3. The van der Waals surface area contributed by atoms with Crippen LogP contribution < -0.4 is 0 Å². The first kappa shape index (κ1) is 17.8. The predicted molar refractivity (Wildman–Crippen MR) is 98.1 cm³/mol. The monoisotopic (exact) mass is 348 g/mol. The minimum atomic E-state index is -0.290. The second kappa shape index (κ2) is 5.47. The van der Waals surface area contributed by atoms with E-state index in [9.17, 15) is 4.79 Å². The maximum atomic E-state index is 12.8. The number of carbonyl (C=O) groups excluding carboxylic acids is 1. The highest BCUT2D eigenvalue weighted by Crippen LogP contribution is 2.75. The van der Waals surface area contributed by atoms with E-state index >= 15 is 0 Å². The zero-order valence-corrected chi connectivity index (χ0v) is 16.8. The molecule has 3 nitrogen and oxygen atoms in total. The van der Waals surface area contributed by atoms with Crippen LogP contribution in [0, 0.1) is 34.0 Å². The molecule has 0 saturated heterocycles. The summed E-state index contributed by atoms with van der Waals surface area (Å²) in [5.41, 5.74) is 0.477. The van der Waals surface area contributed by atoms with Crippen molar-refractivity contribution in [3.8, 4) is 0 Å². The minimum Gasteiger partial charge on any atom is -0.469 e. The molecule has 0 aliphatic heterocycles. The van der Waals surface area contributed by atoms with E-state index in [0.29, 0.717) is 17.3 Å². The number of rotatable bonds is 2. The summed E-state index contributed by atoms with van der Waals surface area (Å²) in [5.74, 6) is 1.96. The molecule has 3 heteroatoms. The molecule has 4 fully saturated rings. The van der Waals surface area contributed by atoms with E-state index in [0.717, 1.165) is 12.3 Å². The summed E-state index contributed by atoms with van der Waals surface area (Å²) in [6.07, 6.45) is 11.1. The van der Waals surface area contributed by atoms with E-state index in [-0.39, 0.29) is 22.4 Å². The average molecular weight is 349 g/mol. The maximum Gasteiger partial charge on any atom is 0.311 e. The highest BCUT2D eigenvalue weighted by Gasteiger charge is 2.70. The van der Waals surface area contributed by atoms with Crippen molar-refractivity contribution in [1.82, 2.24) is 0 Å². The van der Waals surface area contributed by atoms with Gasteiger partial charge in [0.05, 0.1) is 18.1 Å². The molecule has 0 N–H and O–H groups in total. The Balaban J connectivity index is 1.75. The predicted octanol–water partition coefficient (Wildman–Crippen LogP) is 4.98. The van der Waals surface area contributed by atoms with Crippen LogP contribution in [0.1, 0.15) is 78.6 Å². The standard InChI is InChI=1S/C22H36O3/c1-19(18(23)24-4)10-6-11-20(2)17(19)8-7-16-13-21(3,25-5)15-9-12-22(16,20)14-15/h15-17H,6-14H2,1-5H3. The summed E-state index contributed by atoms with van der Waals surface area (Å²) >= 11 is 0. The third kappa shape index (κ3) is 2.05. The van der Waals surface area contributed by atoms with Gasteiger partial charge in [0.1, 0.15) is 0 Å². The molecule has 1 spiro atoms. The molecule has 142 valence electrons. The van der Waals surface area contributed by atoms with E-state index in [1.54, 1.807) is 7.11 Å². The molecule has 0 aromatic carbocycles. The van der Waals surface area contributed by atoms with Gasteiger partial charge in [-0.2, -0.15) is 0 Å². The van der Waals surface area contributed by atoms with Gasteiger partial charge in [0, 0.05) is 7.11 Å². The number of ether oxygens (including phenoxy) is 2. The highest BCUT2D eigenvalue weighted by molar-refractivity contribution is 5.77. The van der Waals surface area contributed by atoms with Crippen molar-refractivity contribution in [3.63, 3.8) is 0 Å². The van der Waals surface area contributed by atoms with Crippen molar-refractivity contribution in [2.24, 2.45) is 34.0 Å². The summed E-state index contributed by atoms with van der Waals surface area (Å²) in [6.45, 7) is 7.09. The largest absolute Gasteiger partial charge is 0.469 e. The van der Waals surface area contributed by atoms with Crippen LogP contribution in [0.25, 0.3) is 0 Å². The van der Waals surface area contributed by atoms with Crippen LogP contribution in [0.3, 0.4) is 0 Å². The molecule has 0 amide bonds. The van der Waals surface area contributed by atoms with Gasteiger partial charge in [0.2, 0.25) is 0 Å². The Bertz CT molecular complexity index is 574. The van der Waals surface area contributed by atoms with Crippen LogP contribution in [0.2, 0.25) is 0 Å². The molecule has 4 aliphatic carbocycles. The lowest BCUT2D eigenvalue weighted by Crippen LogP contribution is -2.62. The molecular formula is C22H36O3. The van der Waals surface area contributed by atoms with Crippen LogP contribution >= 0.6 is 0 Å². The first-order valence-electron chi connectivity index (χ1n) is 10.4. The maximum absolute atomic E-state index is 12.8. The number of esters is 1. The van der Waals surface area contributed by atoms with E-state index < -0.39 is 0 Å². The number of hydrogen-bond donors (Lipinski definition) is 0. The summed E-state index contributed by atoms with van der Waals surface area (Å²) in [7, 11) is 3.48. The van der Waals surface area contributed by atoms with Crippen molar-refractivity contribution in [3.05, 3.63) is 0 Å². The third-order valence-corrected chi connectivity index (χ3v) is 9.84. The van der Waals surface area contributed by atoms with Gasteiger partial charge in [-0.3, -0.25) is 4.79 Å². The van der Waals surface area contributed by atoms with Gasteiger partial charge in [-0.25, -0.2) is 0 Å². The van der Waals surface area contributed by atoms with Crippen molar-refractivity contribution in [1.29, 1.82) is 0 Å². The van der Waals surface area contributed by atoms with E-state index in [1.165, 1.54) is 51.4 Å². The lowest BCUT2D eigenvalue weighted by atomic mass is 9.38. The smallest absolute Gasteiger partial charge is 0.311 e. The van der Waals surface area contributed by atoms with E-state index in [1.807, 2.05) is 7.11 Å². The third-order valence-electron chi connectivity index (χ3n) is 9.84. The zero-order chi connectivity index (χ0) is 18.1. The normalized spacial score (nSPS) is 54.5. The molecule has 0 heterocycles. The molecule has 0 aromatic rings. The van der Waals surface area contributed by atoms with Gasteiger partial charge in [-0.05, 0) is 93.8 Å². The van der Waals surface area contributed by atoms with Gasteiger partial charge in [0.15, 0.2) is 0 Å². The molecule has 7 atom stereocenters. The number of fused-ring (bicyclic) bond motifs is 2. The summed E-state index contributed by atoms with van der Waals surface area (Å²) in [6, 6.07) is 0. The Morgan fingerprint density at radius 2 is 1.68 bits per heavy atom. The molecule has 0 radical (unpaired) electrons. The number of carbonyl (C=O) groups is 1. The topological polar surface area (TPSA) is 35.5 Å². The molecule has 2 bridgehead atoms. The molecule has 7 unspecified atom stereocenters. The van der Waals surface area contributed by atoms with Crippen LogP contribution in [0.5, 0.6) is 0 Å². The van der Waals surface area contributed by atoms with Crippen molar-refractivity contribution >= 4 is 5.97 Å². The van der Waals surface area contributed by atoms with Crippen LogP contribution in [-0.2, 0) is 14.3 Å². The number of hydrogen-bond acceptors (Lipinski definition) is 3. The Labute approximate surface area is 153 Å². The van der Waals surface area contributed by atoms with Crippen LogP contribution in [0.15, 0.2) is 0 Å². The fraction of sp³-hybridized carbons (Fsp3) is 0.955. The Morgan fingerprint density at radius 3 is 2.36 bits per heavy atom. The SMILES string of the molecule is COC(=O)C1(C)CCCC2(C)C1CCC1CC(C)(OC)C3CCC12C3. The lowest BCUT2D eigenvalue weighted by Gasteiger charge is -2.66. The molecular weight excluding hydrogens is 312 g/mol. The molecule has 4 rings (SSSR count). The summed E-state index contributed by atoms with van der Waals surface area (Å²) < 4.78 is 11.3. The van der Waals surface area contributed by atoms with E-state index in [2.05, 4.69) is 20.8 Å². The Morgan fingerprint density at radius 1 is 0.920 bits per heavy atom. The van der Waals surface area contributed by atoms with E-state index in [4.69, 9.17) is 9.47 Å². The van der Waals surface area contributed by atoms with Gasteiger partial charge >= 0.3 is 5.97 Å². The first-order chi connectivity index (χ1) is 11.8. The highest BCUT2D eigenvalue weighted by atomic mass is 16.5. The van der Waals surface area contributed by atoms with Crippen LogP contribution in [0.4, 0.5) is 0 Å². The fourth-order valence-corrected chi connectivity index (χ4v) is 8.39. The number of methoxy groups -OCH3 is 2. The summed E-state index contributed by atoms with van der Waals surface area (Å²) in [5, 5.41) is 0. The Hall–Kier alpha value is -0.570. The van der Waals surface area contributed by atoms with Gasteiger partial charge in [-0.15, -0.1) is 0 Å². The van der Waals surface area contributed by atoms with Crippen molar-refractivity contribution in [2.75, 3.05) is 14.2 Å². The van der Waals surface area contributed by atoms with Gasteiger partial charge < -0.3 is 9.47 Å². The lowest BCUT2D eigenvalue weighted by molar-refractivity contribution is -0.210. The van der Waals surface area contributed by atoms with Gasteiger partial charge in [-0.1, -0.05) is 13.3 Å². The molecule has 4 saturated carbocycles. The molecule has 25 heavy (non-hydrogen) atoms. The quantitative estimate of drug-likeness (QED) is 0.660.